The number of aromatic nitrogens is 1. The van der Waals surface area contributed by atoms with Crippen LogP contribution in [0.1, 0.15) is 71.7 Å². The maximum Gasteiger partial charge on any atom is 0.179 e. The number of methoxy groups -OCH3 is 1. The van der Waals surface area contributed by atoms with Crippen LogP contribution >= 0.6 is 0 Å². The monoisotopic (exact) mass is 595 g/mol. The summed E-state index contributed by atoms with van der Waals surface area (Å²) in [6, 6.07) is 17.3. The molecule has 0 radical (unpaired) electrons. The van der Waals surface area contributed by atoms with Crippen molar-refractivity contribution >= 4 is 16.5 Å². The van der Waals surface area contributed by atoms with Crippen LogP contribution in [0.2, 0.25) is 0 Å². The van der Waals surface area contributed by atoms with Gasteiger partial charge in [-0.15, -0.1) is 0 Å². The highest BCUT2D eigenvalue weighted by atomic mass is 16.5. The number of benzene rings is 2. The molecule has 2 aromatic carbocycles. The van der Waals surface area contributed by atoms with Crippen molar-refractivity contribution in [2.24, 2.45) is 5.41 Å². The van der Waals surface area contributed by atoms with E-state index in [2.05, 4.69) is 142 Å². The Labute approximate surface area is 266 Å². The molecule has 0 aliphatic rings. The Morgan fingerprint density at radius 3 is 2.34 bits per heavy atom. The van der Waals surface area contributed by atoms with E-state index in [9.17, 15) is 0 Å². The van der Waals surface area contributed by atoms with Crippen molar-refractivity contribution in [2.45, 2.75) is 67.9 Å². The smallest absolute Gasteiger partial charge is 0.179 e. The minimum Gasteiger partial charge on any atom is -0.483 e. The van der Waals surface area contributed by atoms with Gasteiger partial charge in [-0.3, -0.25) is 9.88 Å². The summed E-state index contributed by atoms with van der Waals surface area (Å²) < 4.78 is 5.24. The lowest BCUT2D eigenvalue weighted by Crippen LogP contribution is -2.24. The largest absolute Gasteiger partial charge is 0.483 e. The summed E-state index contributed by atoms with van der Waals surface area (Å²) in [5, 5.41) is 12.8. The molecule has 0 saturated heterocycles. The van der Waals surface area contributed by atoms with Crippen LogP contribution in [0.25, 0.3) is 10.8 Å². The van der Waals surface area contributed by atoms with Crippen molar-refractivity contribution in [2.75, 3.05) is 32.1 Å². The Bertz CT molecular complexity index is 1490. The fourth-order valence-corrected chi connectivity index (χ4v) is 4.95. The molecule has 0 aliphatic heterocycles. The molecule has 0 atom stereocenters. The maximum atomic E-state index is 5.24. The van der Waals surface area contributed by atoms with Gasteiger partial charge in [-0.1, -0.05) is 84.0 Å². The van der Waals surface area contributed by atoms with E-state index in [0.717, 1.165) is 54.9 Å². The second-order valence-corrected chi connectivity index (χ2v) is 12.3. The molecule has 6 nitrogen and oxygen atoms in total. The zero-order valence-corrected chi connectivity index (χ0v) is 28.2. The van der Waals surface area contributed by atoms with Crippen molar-refractivity contribution in [3.63, 3.8) is 0 Å². The zero-order chi connectivity index (χ0) is 32.3. The quantitative estimate of drug-likeness (QED) is 0.114. The summed E-state index contributed by atoms with van der Waals surface area (Å²) >= 11 is 0. The van der Waals surface area contributed by atoms with E-state index >= 15 is 0 Å². The first kappa shape index (κ1) is 34.5. The van der Waals surface area contributed by atoms with Crippen LogP contribution in [-0.4, -0.2) is 36.6 Å². The normalized spacial score (nSPS) is 12.6. The summed E-state index contributed by atoms with van der Waals surface area (Å²) in [5.74, 6) is 1.25. The van der Waals surface area contributed by atoms with Crippen LogP contribution in [-0.2, 0) is 17.7 Å². The number of pyridine rings is 1. The molecule has 0 amide bonds. The summed E-state index contributed by atoms with van der Waals surface area (Å²) in [6.45, 7) is 27.2. The van der Waals surface area contributed by atoms with Crippen molar-refractivity contribution in [1.82, 2.24) is 20.5 Å². The van der Waals surface area contributed by atoms with Crippen LogP contribution in [0.5, 0.6) is 0 Å². The lowest BCUT2D eigenvalue weighted by atomic mass is 9.86. The second-order valence-electron chi connectivity index (χ2n) is 12.3. The molecule has 44 heavy (non-hydrogen) atoms. The van der Waals surface area contributed by atoms with E-state index in [0.29, 0.717) is 18.2 Å². The van der Waals surface area contributed by atoms with Crippen LogP contribution in [0, 0.1) is 5.41 Å². The fourth-order valence-electron chi connectivity index (χ4n) is 4.95. The van der Waals surface area contributed by atoms with Crippen LogP contribution in [0.15, 0.2) is 103 Å². The highest BCUT2D eigenvalue weighted by molar-refractivity contribution is 5.96. The molecular formula is C38H53N5O. The highest BCUT2D eigenvalue weighted by Crippen LogP contribution is 2.30. The molecule has 1 heterocycles. The van der Waals surface area contributed by atoms with Gasteiger partial charge in [-0.05, 0) is 91.2 Å². The number of nitrogens with one attached hydrogen (secondary N) is 3. The van der Waals surface area contributed by atoms with Crippen LogP contribution in [0.4, 0.5) is 5.69 Å². The molecule has 3 aromatic rings. The van der Waals surface area contributed by atoms with Crippen LogP contribution in [0.3, 0.4) is 0 Å². The number of allylic oxidation sites excluding steroid dienone is 2. The van der Waals surface area contributed by atoms with E-state index in [4.69, 9.17) is 4.74 Å². The first-order chi connectivity index (χ1) is 21.0. The average molecular weight is 596 g/mol. The van der Waals surface area contributed by atoms with Gasteiger partial charge in [0.1, 0.15) is 5.82 Å². The minimum absolute atomic E-state index is 0.0388. The summed E-state index contributed by atoms with van der Waals surface area (Å²) in [4.78, 5) is 7.02. The molecule has 0 unspecified atom stereocenters. The molecule has 236 valence electrons. The zero-order valence-electron chi connectivity index (χ0n) is 28.2. The predicted octanol–water partition coefficient (Wildman–Crippen LogP) is 8.50. The lowest BCUT2D eigenvalue weighted by Gasteiger charge is -2.23. The van der Waals surface area contributed by atoms with Crippen molar-refractivity contribution in [3.05, 3.63) is 119 Å². The van der Waals surface area contributed by atoms with Gasteiger partial charge in [-0.25, -0.2) is 0 Å². The number of ether oxygens (including phenoxy) is 1. The molecule has 0 fully saturated rings. The second kappa shape index (κ2) is 16.2. The van der Waals surface area contributed by atoms with Crippen molar-refractivity contribution < 1.29 is 4.74 Å². The third kappa shape index (κ3) is 9.75. The van der Waals surface area contributed by atoms with E-state index in [-0.39, 0.29) is 5.41 Å². The summed E-state index contributed by atoms with van der Waals surface area (Å²) in [6.07, 6.45) is 5.87. The molecule has 0 spiro atoms. The molecule has 6 heteroatoms. The van der Waals surface area contributed by atoms with Gasteiger partial charge >= 0.3 is 0 Å². The van der Waals surface area contributed by atoms with Gasteiger partial charge in [-0.2, -0.15) is 0 Å². The third-order valence-electron chi connectivity index (χ3n) is 8.24. The van der Waals surface area contributed by atoms with E-state index in [1.165, 1.54) is 27.7 Å². The molecule has 0 aliphatic carbocycles. The molecule has 1 aromatic heterocycles. The van der Waals surface area contributed by atoms with Gasteiger partial charge in [0.15, 0.2) is 5.88 Å². The van der Waals surface area contributed by atoms with Gasteiger partial charge in [0.25, 0.3) is 0 Å². The number of nitrogens with zero attached hydrogens (tertiary/aromatic N) is 2. The van der Waals surface area contributed by atoms with E-state index < -0.39 is 0 Å². The molecular weight excluding hydrogens is 542 g/mol. The van der Waals surface area contributed by atoms with Crippen LogP contribution < -0.4 is 16.0 Å². The van der Waals surface area contributed by atoms with Gasteiger partial charge in [0, 0.05) is 36.1 Å². The summed E-state index contributed by atoms with van der Waals surface area (Å²) in [5.41, 5.74) is 8.22. The lowest BCUT2D eigenvalue weighted by molar-refractivity contribution is 0.266. The molecule has 3 rings (SSSR count). The Kier molecular flexibility index (Phi) is 12.7. The Morgan fingerprint density at radius 2 is 1.70 bits per heavy atom. The van der Waals surface area contributed by atoms with Gasteiger partial charge in [0.05, 0.1) is 12.8 Å². The van der Waals surface area contributed by atoms with Crippen molar-refractivity contribution in [1.29, 1.82) is 0 Å². The maximum absolute atomic E-state index is 5.24. The molecule has 0 saturated carbocycles. The Balaban J connectivity index is 1.89. The minimum atomic E-state index is 0.0388. The number of hydrogen-bond acceptors (Lipinski definition) is 6. The highest BCUT2D eigenvalue weighted by Gasteiger charge is 2.15. The number of anilines is 1. The SMILES string of the molecule is C=C(NC(/C=C(\C)C(C)(C)C)=C(\CC)CNC(=C)OC)Nc1ccc(Cc2ccnc(CN(CC)CC)c2)c2ccccc12. The fraction of sp³-hybridized carbons (Fsp3) is 0.395. The standard InChI is InChI=1S/C38H53N5O/c1-11-31(25-40-29(6)44-10)37(22-27(4)38(7,8)9)42-28(5)41-36-19-18-32(34-16-14-15-17-35(34)36)23-30-20-21-39-33(24-30)26-43(12-2)13-3/h14-22,24,40-42H,5-6,11-13,23,25-26H2,1-4,7-10H3/b27-22+,37-31+. The predicted molar refractivity (Wildman–Crippen MR) is 188 cm³/mol. The molecule has 0 bridgehead atoms. The summed E-state index contributed by atoms with van der Waals surface area (Å²) in [7, 11) is 1.62. The topological polar surface area (TPSA) is 61.5 Å². The average Bonchev–Trinajstić information content (AvgIpc) is 3.00. The Hall–Kier alpha value is -4.03. The number of rotatable bonds is 16. The van der Waals surface area contributed by atoms with E-state index in [1.54, 1.807) is 7.11 Å². The Morgan fingerprint density at radius 1 is 1.00 bits per heavy atom. The first-order valence-electron chi connectivity index (χ1n) is 15.8. The first-order valence-corrected chi connectivity index (χ1v) is 15.8. The van der Waals surface area contributed by atoms with Gasteiger partial charge < -0.3 is 20.7 Å². The van der Waals surface area contributed by atoms with E-state index in [1.807, 2.05) is 6.20 Å². The number of fused-ring (bicyclic) bond motifs is 1. The number of hydrogen-bond donors (Lipinski definition) is 3. The van der Waals surface area contributed by atoms with Gasteiger partial charge in [0.2, 0.25) is 0 Å². The molecule has 3 N–H and O–H groups in total. The van der Waals surface area contributed by atoms with Crippen molar-refractivity contribution in [3.8, 4) is 0 Å². The third-order valence-corrected chi connectivity index (χ3v) is 8.24.